The summed E-state index contributed by atoms with van der Waals surface area (Å²) in [6.07, 6.45) is 1.52. The number of nitrogens with zero attached hydrogens (tertiary/aromatic N) is 1. The summed E-state index contributed by atoms with van der Waals surface area (Å²) in [6.45, 7) is 2.53. The number of aliphatic hydroxyl groups excluding tert-OH is 1. The van der Waals surface area contributed by atoms with E-state index in [4.69, 9.17) is 9.15 Å². The van der Waals surface area contributed by atoms with Gasteiger partial charge < -0.3 is 19.2 Å². The maximum absolute atomic E-state index is 12.9. The standard InChI is InChI=1S/C24H21NO5/c1-2-29-18-12-10-17(11-13-18)22(26)20-21(16-7-4-3-5-8-16)25(24(28)23(20)27)15-19-9-6-14-30-19/h3-14,21,26H,2,15H2,1H3/b22-20+. The van der Waals surface area contributed by atoms with Crippen molar-refractivity contribution in [2.75, 3.05) is 6.61 Å². The number of benzene rings is 2. The molecule has 0 aliphatic carbocycles. The van der Waals surface area contributed by atoms with Gasteiger partial charge in [-0.25, -0.2) is 0 Å². The zero-order chi connectivity index (χ0) is 21.1. The van der Waals surface area contributed by atoms with Gasteiger partial charge in [-0.05, 0) is 48.9 Å². The number of Topliss-reactive ketones (excluding diaryl/α,β-unsaturated/α-hetero) is 1. The van der Waals surface area contributed by atoms with Crippen molar-refractivity contribution < 1.29 is 23.8 Å². The van der Waals surface area contributed by atoms with Crippen molar-refractivity contribution in [1.82, 2.24) is 4.90 Å². The number of amides is 1. The van der Waals surface area contributed by atoms with Crippen LogP contribution in [0.4, 0.5) is 0 Å². The first-order valence-electron chi connectivity index (χ1n) is 9.69. The number of furan rings is 1. The summed E-state index contributed by atoms with van der Waals surface area (Å²) in [5.41, 5.74) is 1.23. The van der Waals surface area contributed by atoms with Crippen molar-refractivity contribution in [3.63, 3.8) is 0 Å². The molecule has 1 amide bonds. The summed E-state index contributed by atoms with van der Waals surface area (Å²) < 4.78 is 10.8. The Labute approximate surface area is 174 Å². The van der Waals surface area contributed by atoms with Crippen LogP contribution in [0.25, 0.3) is 5.76 Å². The molecule has 152 valence electrons. The van der Waals surface area contributed by atoms with Crippen LogP contribution >= 0.6 is 0 Å². The molecule has 1 fully saturated rings. The number of hydrogen-bond donors (Lipinski definition) is 1. The van der Waals surface area contributed by atoms with Crippen molar-refractivity contribution in [3.05, 3.63) is 95.5 Å². The molecule has 1 unspecified atom stereocenters. The highest BCUT2D eigenvalue weighted by Crippen LogP contribution is 2.40. The summed E-state index contributed by atoms with van der Waals surface area (Å²) in [6, 6.07) is 18.7. The lowest BCUT2D eigenvalue weighted by atomic mass is 9.95. The third-order valence-electron chi connectivity index (χ3n) is 5.00. The van der Waals surface area contributed by atoms with Crippen LogP contribution in [0, 0.1) is 0 Å². The molecule has 1 aliphatic rings. The fraction of sp³-hybridized carbons (Fsp3) is 0.167. The third-order valence-corrected chi connectivity index (χ3v) is 5.00. The molecule has 0 spiro atoms. The maximum Gasteiger partial charge on any atom is 0.296 e. The van der Waals surface area contributed by atoms with Gasteiger partial charge in [0.2, 0.25) is 0 Å². The minimum Gasteiger partial charge on any atom is -0.507 e. The second-order valence-corrected chi connectivity index (χ2v) is 6.87. The normalized spacial score (nSPS) is 18.0. The molecule has 4 rings (SSSR count). The van der Waals surface area contributed by atoms with E-state index < -0.39 is 17.7 Å². The van der Waals surface area contributed by atoms with Gasteiger partial charge in [0, 0.05) is 5.56 Å². The van der Waals surface area contributed by atoms with Crippen molar-refractivity contribution in [3.8, 4) is 5.75 Å². The van der Waals surface area contributed by atoms with E-state index in [9.17, 15) is 14.7 Å². The number of aliphatic hydroxyl groups is 1. The van der Waals surface area contributed by atoms with Gasteiger partial charge in [-0.2, -0.15) is 0 Å². The lowest BCUT2D eigenvalue weighted by molar-refractivity contribution is -0.140. The van der Waals surface area contributed by atoms with Crippen LogP contribution in [0.5, 0.6) is 5.75 Å². The molecule has 0 saturated carbocycles. The lowest BCUT2D eigenvalue weighted by Gasteiger charge is -2.24. The molecule has 2 aromatic carbocycles. The van der Waals surface area contributed by atoms with Gasteiger partial charge in [-0.3, -0.25) is 9.59 Å². The van der Waals surface area contributed by atoms with E-state index in [1.807, 2.05) is 37.3 Å². The topological polar surface area (TPSA) is 80.0 Å². The van der Waals surface area contributed by atoms with Crippen LogP contribution in [-0.2, 0) is 16.1 Å². The second kappa shape index (κ2) is 8.29. The SMILES string of the molecule is CCOc1ccc(/C(O)=C2\C(=O)C(=O)N(Cc3ccco3)C2c2ccccc2)cc1. The van der Waals surface area contributed by atoms with Crippen molar-refractivity contribution in [2.24, 2.45) is 0 Å². The predicted octanol–water partition coefficient (Wildman–Crippen LogP) is 4.30. The highest BCUT2D eigenvalue weighted by atomic mass is 16.5. The van der Waals surface area contributed by atoms with Crippen molar-refractivity contribution >= 4 is 17.4 Å². The van der Waals surface area contributed by atoms with E-state index in [0.29, 0.717) is 23.7 Å². The van der Waals surface area contributed by atoms with Crippen LogP contribution in [0.15, 0.2) is 83.0 Å². The first kappa shape index (κ1) is 19.5. The summed E-state index contributed by atoms with van der Waals surface area (Å²) in [4.78, 5) is 27.2. The summed E-state index contributed by atoms with van der Waals surface area (Å²) in [5.74, 6) is -0.396. The Morgan fingerprint density at radius 1 is 1.03 bits per heavy atom. The van der Waals surface area contributed by atoms with E-state index in [-0.39, 0.29) is 17.9 Å². The minimum atomic E-state index is -0.721. The monoisotopic (exact) mass is 403 g/mol. The molecule has 0 radical (unpaired) electrons. The minimum absolute atomic E-state index is 0.0573. The number of hydrogen-bond acceptors (Lipinski definition) is 5. The molecule has 1 N–H and O–H groups in total. The Morgan fingerprint density at radius 2 is 1.77 bits per heavy atom. The Kier molecular flexibility index (Phi) is 5.39. The van der Waals surface area contributed by atoms with Gasteiger partial charge in [0.15, 0.2) is 0 Å². The van der Waals surface area contributed by atoms with Gasteiger partial charge in [0.1, 0.15) is 17.3 Å². The average molecular weight is 403 g/mol. The van der Waals surface area contributed by atoms with E-state index in [1.165, 1.54) is 11.2 Å². The van der Waals surface area contributed by atoms with Crippen LogP contribution in [0.2, 0.25) is 0 Å². The zero-order valence-corrected chi connectivity index (χ0v) is 16.4. The van der Waals surface area contributed by atoms with E-state index in [0.717, 1.165) is 5.56 Å². The Morgan fingerprint density at radius 3 is 2.40 bits per heavy atom. The van der Waals surface area contributed by atoms with Crippen LogP contribution in [-0.4, -0.2) is 28.3 Å². The second-order valence-electron chi connectivity index (χ2n) is 6.87. The Bertz CT molecular complexity index is 1070. The number of rotatable bonds is 6. The molecule has 1 aromatic heterocycles. The van der Waals surface area contributed by atoms with E-state index in [1.54, 1.807) is 36.4 Å². The Hall–Kier alpha value is -3.80. The molecule has 3 aromatic rings. The van der Waals surface area contributed by atoms with Crippen molar-refractivity contribution in [2.45, 2.75) is 19.5 Å². The lowest BCUT2D eigenvalue weighted by Crippen LogP contribution is -2.29. The van der Waals surface area contributed by atoms with Crippen LogP contribution < -0.4 is 4.74 Å². The van der Waals surface area contributed by atoms with Gasteiger partial charge >= 0.3 is 0 Å². The Balaban J connectivity index is 1.80. The van der Waals surface area contributed by atoms with E-state index in [2.05, 4.69) is 0 Å². The molecule has 2 heterocycles. The van der Waals surface area contributed by atoms with Gasteiger partial charge in [-0.15, -0.1) is 0 Å². The summed E-state index contributed by atoms with van der Waals surface area (Å²) in [7, 11) is 0. The first-order valence-corrected chi connectivity index (χ1v) is 9.69. The largest absolute Gasteiger partial charge is 0.507 e. The van der Waals surface area contributed by atoms with E-state index >= 15 is 0 Å². The summed E-state index contributed by atoms with van der Waals surface area (Å²) >= 11 is 0. The number of ketones is 1. The maximum atomic E-state index is 12.9. The van der Waals surface area contributed by atoms with Gasteiger partial charge in [0.25, 0.3) is 11.7 Å². The quantitative estimate of drug-likeness (QED) is 0.377. The fourth-order valence-electron chi connectivity index (χ4n) is 3.63. The first-order chi connectivity index (χ1) is 14.6. The van der Waals surface area contributed by atoms with Crippen molar-refractivity contribution in [1.29, 1.82) is 0 Å². The van der Waals surface area contributed by atoms with Gasteiger partial charge in [-0.1, -0.05) is 30.3 Å². The van der Waals surface area contributed by atoms with Gasteiger partial charge in [0.05, 0.1) is 31.0 Å². The zero-order valence-electron chi connectivity index (χ0n) is 16.4. The predicted molar refractivity (Wildman–Crippen MR) is 111 cm³/mol. The summed E-state index contributed by atoms with van der Waals surface area (Å²) in [5, 5.41) is 11.0. The number of likely N-dealkylation sites (tertiary alicyclic amines) is 1. The molecule has 1 saturated heterocycles. The molecule has 6 nitrogen and oxygen atoms in total. The molecular formula is C24H21NO5. The number of ether oxygens (including phenoxy) is 1. The molecule has 30 heavy (non-hydrogen) atoms. The average Bonchev–Trinajstić information content (AvgIpc) is 3.37. The van der Waals surface area contributed by atoms with Crippen LogP contribution in [0.3, 0.4) is 0 Å². The smallest absolute Gasteiger partial charge is 0.296 e. The molecule has 6 heteroatoms. The van der Waals surface area contributed by atoms with Crippen LogP contribution in [0.1, 0.15) is 29.9 Å². The molecular weight excluding hydrogens is 382 g/mol. The highest BCUT2D eigenvalue weighted by molar-refractivity contribution is 6.46. The third kappa shape index (κ3) is 3.59. The molecule has 1 atom stereocenters. The fourth-order valence-corrected chi connectivity index (χ4v) is 3.63. The number of carbonyl (C=O) groups excluding carboxylic acids is 2. The number of carbonyl (C=O) groups is 2. The molecule has 0 bridgehead atoms. The highest BCUT2D eigenvalue weighted by Gasteiger charge is 2.46. The molecule has 1 aliphatic heterocycles.